The number of hydrogen-bond donors (Lipinski definition) is 4. The van der Waals surface area contributed by atoms with Crippen molar-refractivity contribution >= 4 is 11.6 Å². The zero-order valence-electron chi connectivity index (χ0n) is 12.1. The predicted molar refractivity (Wildman–Crippen MR) is 76.5 cm³/mol. The van der Waals surface area contributed by atoms with Crippen LogP contribution in [0.4, 0.5) is 11.6 Å². The van der Waals surface area contributed by atoms with Crippen molar-refractivity contribution in [1.82, 2.24) is 9.97 Å². The zero-order chi connectivity index (χ0) is 14.5. The number of nitrogens with zero attached hydrogens (tertiary/aromatic N) is 2. The van der Waals surface area contributed by atoms with Gasteiger partial charge in [0.1, 0.15) is 17.5 Å². The molecule has 0 saturated carbocycles. The molecule has 0 atom stereocenters. The summed E-state index contributed by atoms with van der Waals surface area (Å²) in [6, 6.07) is 0. The maximum absolute atomic E-state index is 9.49. The highest BCUT2D eigenvalue weighted by atomic mass is 16.3. The summed E-state index contributed by atoms with van der Waals surface area (Å²) in [7, 11) is 0. The van der Waals surface area contributed by atoms with Gasteiger partial charge < -0.3 is 20.8 Å². The quantitative estimate of drug-likeness (QED) is 0.591. The summed E-state index contributed by atoms with van der Waals surface area (Å²) in [5, 5.41) is 25.3. The Balaban J connectivity index is 3.12. The van der Waals surface area contributed by atoms with Crippen LogP contribution in [0.1, 0.15) is 31.7 Å². The number of aliphatic hydroxyl groups is 2. The first-order valence-electron chi connectivity index (χ1n) is 6.61. The van der Waals surface area contributed by atoms with Crippen molar-refractivity contribution in [3.8, 4) is 0 Å². The van der Waals surface area contributed by atoms with E-state index in [1.165, 1.54) is 0 Å². The molecule has 6 nitrogen and oxygen atoms in total. The van der Waals surface area contributed by atoms with Crippen LogP contribution in [0.25, 0.3) is 0 Å². The standard InChI is InChI=1S/C13H24N4O2/c1-5-13(7-18,8-19)17-12-9(3)11(14-6-2)15-10(4)16-12/h18-19H,5-8H2,1-4H3,(H2,14,15,16,17). The van der Waals surface area contributed by atoms with E-state index in [1.807, 2.05) is 27.7 Å². The van der Waals surface area contributed by atoms with Crippen LogP contribution in [0.15, 0.2) is 0 Å². The number of aliphatic hydroxyl groups excluding tert-OH is 2. The molecule has 1 aromatic heterocycles. The minimum Gasteiger partial charge on any atom is -0.394 e. The molecule has 0 aliphatic carbocycles. The van der Waals surface area contributed by atoms with Gasteiger partial charge in [0, 0.05) is 12.1 Å². The van der Waals surface area contributed by atoms with Gasteiger partial charge >= 0.3 is 0 Å². The van der Waals surface area contributed by atoms with Gasteiger partial charge in [-0.2, -0.15) is 0 Å². The first-order valence-corrected chi connectivity index (χ1v) is 6.61. The van der Waals surface area contributed by atoms with Crippen molar-refractivity contribution in [3.05, 3.63) is 11.4 Å². The molecular weight excluding hydrogens is 244 g/mol. The molecule has 19 heavy (non-hydrogen) atoms. The molecule has 108 valence electrons. The van der Waals surface area contributed by atoms with Crippen LogP contribution in [0.5, 0.6) is 0 Å². The van der Waals surface area contributed by atoms with Crippen LogP contribution >= 0.6 is 0 Å². The second kappa shape index (κ2) is 6.68. The highest BCUT2D eigenvalue weighted by Crippen LogP contribution is 2.24. The van der Waals surface area contributed by atoms with Crippen molar-refractivity contribution in [2.75, 3.05) is 30.4 Å². The van der Waals surface area contributed by atoms with Crippen molar-refractivity contribution in [2.45, 2.75) is 39.7 Å². The van der Waals surface area contributed by atoms with Crippen molar-refractivity contribution in [3.63, 3.8) is 0 Å². The van der Waals surface area contributed by atoms with E-state index in [4.69, 9.17) is 0 Å². The Morgan fingerprint density at radius 3 is 2.11 bits per heavy atom. The minimum atomic E-state index is -0.755. The molecule has 0 saturated heterocycles. The SMILES string of the molecule is CCNc1nc(C)nc(NC(CC)(CO)CO)c1C. The Hall–Kier alpha value is -1.40. The molecule has 0 aliphatic heterocycles. The summed E-state index contributed by atoms with van der Waals surface area (Å²) in [5.74, 6) is 2.07. The lowest BCUT2D eigenvalue weighted by Gasteiger charge is -2.31. The average Bonchev–Trinajstić information content (AvgIpc) is 2.41. The fourth-order valence-electron chi connectivity index (χ4n) is 1.78. The third-order valence-electron chi connectivity index (χ3n) is 3.27. The van der Waals surface area contributed by atoms with Crippen molar-refractivity contribution in [1.29, 1.82) is 0 Å². The molecule has 0 unspecified atom stereocenters. The Morgan fingerprint density at radius 2 is 1.63 bits per heavy atom. The highest BCUT2D eigenvalue weighted by Gasteiger charge is 2.28. The first-order chi connectivity index (χ1) is 9.01. The largest absolute Gasteiger partial charge is 0.394 e. The van der Waals surface area contributed by atoms with Crippen LogP contribution < -0.4 is 10.6 Å². The van der Waals surface area contributed by atoms with Crippen LogP contribution in [0.3, 0.4) is 0 Å². The van der Waals surface area contributed by atoms with Gasteiger partial charge in [-0.3, -0.25) is 0 Å². The molecule has 0 bridgehead atoms. The molecule has 0 fully saturated rings. The fourth-order valence-corrected chi connectivity index (χ4v) is 1.78. The summed E-state index contributed by atoms with van der Waals surface area (Å²) in [6.45, 7) is 8.11. The van der Waals surface area contributed by atoms with Crippen LogP contribution in [0, 0.1) is 13.8 Å². The molecule has 0 aromatic carbocycles. The van der Waals surface area contributed by atoms with Gasteiger partial charge in [-0.05, 0) is 27.2 Å². The fraction of sp³-hybridized carbons (Fsp3) is 0.692. The molecule has 1 aromatic rings. The Bertz CT molecular complexity index is 411. The minimum absolute atomic E-state index is 0.154. The molecule has 6 heteroatoms. The van der Waals surface area contributed by atoms with E-state index in [-0.39, 0.29) is 13.2 Å². The van der Waals surface area contributed by atoms with E-state index in [1.54, 1.807) is 0 Å². The van der Waals surface area contributed by atoms with Gasteiger partial charge in [0.25, 0.3) is 0 Å². The number of rotatable bonds is 7. The summed E-state index contributed by atoms with van der Waals surface area (Å²) >= 11 is 0. The van der Waals surface area contributed by atoms with Gasteiger partial charge in [0.2, 0.25) is 0 Å². The molecule has 0 spiro atoms. The molecule has 1 heterocycles. The Kier molecular flexibility index (Phi) is 5.50. The molecular formula is C13H24N4O2. The smallest absolute Gasteiger partial charge is 0.135 e. The number of aromatic nitrogens is 2. The highest BCUT2D eigenvalue weighted by molar-refractivity contribution is 5.58. The van der Waals surface area contributed by atoms with Gasteiger partial charge in [-0.25, -0.2) is 9.97 Å². The Morgan fingerprint density at radius 1 is 1.05 bits per heavy atom. The summed E-state index contributed by atoms with van der Waals surface area (Å²) in [6.07, 6.45) is 0.596. The zero-order valence-corrected chi connectivity index (χ0v) is 12.1. The van der Waals surface area contributed by atoms with E-state index in [2.05, 4.69) is 20.6 Å². The molecule has 0 radical (unpaired) electrons. The van der Waals surface area contributed by atoms with E-state index < -0.39 is 5.54 Å². The molecule has 0 aliphatic rings. The van der Waals surface area contributed by atoms with Crippen LogP contribution in [0.2, 0.25) is 0 Å². The predicted octanol–water partition coefficient (Wildman–Crippen LogP) is 1.07. The number of anilines is 2. The number of nitrogens with one attached hydrogen (secondary N) is 2. The number of hydrogen-bond acceptors (Lipinski definition) is 6. The average molecular weight is 268 g/mol. The lowest BCUT2D eigenvalue weighted by molar-refractivity contribution is 0.132. The maximum atomic E-state index is 9.49. The van der Waals surface area contributed by atoms with Crippen LogP contribution in [-0.2, 0) is 0 Å². The van der Waals surface area contributed by atoms with E-state index >= 15 is 0 Å². The van der Waals surface area contributed by atoms with E-state index in [0.717, 1.165) is 17.9 Å². The van der Waals surface area contributed by atoms with Gasteiger partial charge in [0.15, 0.2) is 0 Å². The Labute approximate surface area is 114 Å². The molecule has 0 amide bonds. The summed E-state index contributed by atoms with van der Waals surface area (Å²) in [5.41, 5.74) is 0.127. The van der Waals surface area contributed by atoms with Gasteiger partial charge in [-0.15, -0.1) is 0 Å². The lowest BCUT2D eigenvalue weighted by Crippen LogP contribution is -2.45. The topological polar surface area (TPSA) is 90.3 Å². The van der Waals surface area contributed by atoms with Crippen molar-refractivity contribution in [2.24, 2.45) is 0 Å². The maximum Gasteiger partial charge on any atom is 0.135 e. The van der Waals surface area contributed by atoms with Gasteiger partial charge in [0.05, 0.1) is 18.8 Å². The third-order valence-corrected chi connectivity index (χ3v) is 3.27. The summed E-state index contributed by atoms with van der Waals surface area (Å²) in [4.78, 5) is 8.70. The van der Waals surface area contributed by atoms with Gasteiger partial charge in [-0.1, -0.05) is 6.92 Å². The lowest BCUT2D eigenvalue weighted by atomic mass is 9.98. The first kappa shape index (κ1) is 15.7. The summed E-state index contributed by atoms with van der Waals surface area (Å²) < 4.78 is 0. The number of aryl methyl sites for hydroxylation is 1. The molecule has 4 N–H and O–H groups in total. The second-order valence-electron chi connectivity index (χ2n) is 4.70. The normalized spacial score (nSPS) is 11.5. The second-order valence-corrected chi connectivity index (χ2v) is 4.70. The van der Waals surface area contributed by atoms with Crippen molar-refractivity contribution < 1.29 is 10.2 Å². The van der Waals surface area contributed by atoms with E-state index in [0.29, 0.717) is 18.1 Å². The molecule has 1 rings (SSSR count). The monoisotopic (exact) mass is 268 g/mol. The third kappa shape index (κ3) is 3.54. The van der Waals surface area contributed by atoms with E-state index in [9.17, 15) is 10.2 Å². The van der Waals surface area contributed by atoms with Crippen LogP contribution in [-0.4, -0.2) is 45.5 Å².